The van der Waals surface area contributed by atoms with Crippen molar-refractivity contribution >= 4 is 23.5 Å². The van der Waals surface area contributed by atoms with Crippen molar-refractivity contribution < 1.29 is 15.0 Å². The predicted octanol–water partition coefficient (Wildman–Crippen LogP) is -0.0590. The Hall–Kier alpha value is -3.48. The average Bonchev–Trinajstić information content (AvgIpc) is 2.91. The van der Waals surface area contributed by atoms with Gasteiger partial charge in [-0.3, -0.25) is 19.7 Å². The fourth-order valence-electron chi connectivity index (χ4n) is 2.51. The molecule has 1 aliphatic rings. The Balaban J connectivity index is 2.10. The Morgan fingerprint density at radius 2 is 1.96 bits per heavy atom. The van der Waals surface area contributed by atoms with E-state index in [9.17, 15) is 24.6 Å². The average molecular weight is 364 g/mol. The van der Waals surface area contributed by atoms with Crippen LogP contribution in [0.15, 0.2) is 19.8 Å². The number of aliphatic hydroxyl groups excluding tert-OH is 1. The molecule has 26 heavy (non-hydrogen) atoms. The minimum atomic E-state index is -1.28. The molecule has 0 spiro atoms. The zero-order chi connectivity index (χ0) is 19.0. The van der Waals surface area contributed by atoms with E-state index < -0.39 is 35.1 Å². The van der Waals surface area contributed by atoms with Crippen molar-refractivity contribution in [3.05, 3.63) is 26.5 Å². The summed E-state index contributed by atoms with van der Waals surface area (Å²) in [5, 5.41) is 29.7. The van der Waals surface area contributed by atoms with Gasteiger partial charge in [-0.05, 0) is 6.42 Å². The quantitative estimate of drug-likeness (QED) is 0.474. The second-order valence-electron chi connectivity index (χ2n) is 5.49. The molecule has 0 fully saturated rings. The van der Waals surface area contributed by atoms with Crippen LogP contribution < -0.4 is 21.5 Å². The Labute approximate surface area is 145 Å². The third-order valence-corrected chi connectivity index (χ3v) is 3.69. The first kappa shape index (κ1) is 17.3. The fraction of sp³-hybridized carbons (Fsp3) is 0.385. The third-order valence-electron chi connectivity index (χ3n) is 3.69. The lowest BCUT2D eigenvalue weighted by atomic mass is 10.3. The number of nitrogens with zero attached hydrogens (tertiary/aromatic N) is 5. The number of aromatic nitrogens is 4. The summed E-state index contributed by atoms with van der Waals surface area (Å²) in [6.07, 6.45) is -0.609. The number of carbonyl (C=O) groups excluding carboxylic acids is 1. The number of amides is 2. The van der Waals surface area contributed by atoms with Crippen LogP contribution in [-0.2, 0) is 6.54 Å². The van der Waals surface area contributed by atoms with Crippen LogP contribution >= 0.6 is 0 Å². The minimum absolute atomic E-state index is 0.0178. The molecular formula is C13H16N8O5. The number of imidazole rings is 1. The van der Waals surface area contributed by atoms with Crippen LogP contribution in [0.1, 0.15) is 25.3 Å². The molecule has 1 atom stereocenters. The Bertz CT molecular complexity index is 1000. The number of azo groups is 1. The summed E-state index contributed by atoms with van der Waals surface area (Å²) in [7, 11) is 1.47. The van der Waals surface area contributed by atoms with E-state index in [0.717, 1.165) is 0 Å². The number of nitrogens with one attached hydrogen (secondary N) is 3. The number of H-pyrrole nitrogens is 2. The van der Waals surface area contributed by atoms with E-state index in [0.29, 0.717) is 18.7 Å². The molecule has 13 heteroatoms. The first-order valence-electron chi connectivity index (χ1n) is 7.63. The standard InChI is InChI=1S/C13H16N8O5/c1-3-4-21-6-7(20(2)13(26)17-10(6)24)14-11(21)19-18-5-8(22)15-12(25)16-9(5)23/h10,24H,3-4H2,1-2H3,(H,17,26)(H3,15,16,22,23,25). The van der Waals surface area contributed by atoms with Crippen molar-refractivity contribution in [2.45, 2.75) is 26.1 Å². The zero-order valence-corrected chi connectivity index (χ0v) is 13.8. The van der Waals surface area contributed by atoms with E-state index in [2.05, 4.69) is 20.5 Å². The summed E-state index contributed by atoms with van der Waals surface area (Å²) in [5.74, 6) is -0.526. The highest BCUT2D eigenvalue weighted by molar-refractivity contribution is 5.93. The summed E-state index contributed by atoms with van der Waals surface area (Å²) >= 11 is 0. The maximum absolute atomic E-state index is 11.8. The van der Waals surface area contributed by atoms with Gasteiger partial charge in [0.05, 0.1) is 0 Å². The largest absolute Gasteiger partial charge is 0.493 e. The molecule has 0 bridgehead atoms. The molecule has 1 aliphatic heterocycles. The van der Waals surface area contributed by atoms with Gasteiger partial charge >= 0.3 is 11.7 Å². The summed E-state index contributed by atoms with van der Waals surface area (Å²) in [6.45, 7) is 2.30. The molecule has 0 radical (unpaired) electrons. The van der Waals surface area contributed by atoms with Gasteiger partial charge < -0.3 is 20.1 Å². The molecule has 2 aromatic heterocycles. The second-order valence-corrected chi connectivity index (χ2v) is 5.49. The molecule has 0 aliphatic carbocycles. The monoisotopic (exact) mass is 364 g/mol. The van der Waals surface area contributed by atoms with Crippen molar-refractivity contribution in [2.75, 3.05) is 11.9 Å². The molecule has 5 N–H and O–H groups in total. The molecule has 3 heterocycles. The van der Waals surface area contributed by atoms with E-state index in [4.69, 9.17) is 0 Å². The maximum Gasteiger partial charge on any atom is 0.328 e. The normalized spacial score (nSPS) is 16.8. The van der Waals surface area contributed by atoms with Gasteiger partial charge in [-0.15, -0.1) is 10.2 Å². The van der Waals surface area contributed by atoms with Crippen molar-refractivity contribution in [3.63, 3.8) is 0 Å². The molecule has 2 aromatic rings. The highest BCUT2D eigenvalue weighted by Gasteiger charge is 2.33. The van der Waals surface area contributed by atoms with E-state index in [1.807, 2.05) is 16.9 Å². The zero-order valence-electron chi connectivity index (χ0n) is 13.8. The first-order valence-corrected chi connectivity index (χ1v) is 7.63. The lowest BCUT2D eigenvalue weighted by molar-refractivity contribution is 0.133. The van der Waals surface area contributed by atoms with E-state index in [-0.39, 0.29) is 11.8 Å². The smallest absolute Gasteiger partial charge is 0.328 e. The molecule has 3 rings (SSSR count). The number of anilines is 1. The number of hydrogen-bond acceptors (Lipinski definition) is 8. The number of carbonyl (C=O) groups is 1. The van der Waals surface area contributed by atoms with Gasteiger partial charge in [0.1, 0.15) is 5.69 Å². The minimum Gasteiger partial charge on any atom is -0.493 e. The highest BCUT2D eigenvalue weighted by Crippen LogP contribution is 2.33. The molecule has 1 unspecified atom stereocenters. The summed E-state index contributed by atoms with van der Waals surface area (Å²) in [5.41, 5.74) is -2.00. The van der Waals surface area contributed by atoms with E-state index >= 15 is 0 Å². The highest BCUT2D eigenvalue weighted by atomic mass is 16.3. The number of aliphatic hydroxyl groups is 1. The number of hydrogen-bond donors (Lipinski definition) is 5. The maximum atomic E-state index is 11.8. The fourth-order valence-corrected chi connectivity index (χ4v) is 2.51. The van der Waals surface area contributed by atoms with Gasteiger partial charge in [-0.1, -0.05) is 6.92 Å². The summed E-state index contributed by atoms with van der Waals surface area (Å²) < 4.78 is 1.54. The number of aromatic amines is 2. The van der Waals surface area contributed by atoms with Crippen LogP contribution in [-0.4, -0.2) is 42.8 Å². The number of rotatable bonds is 4. The lowest BCUT2D eigenvalue weighted by Crippen LogP contribution is -2.45. The molecule has 0 saturated carbocycles. The van der Waals surface area contributed by atoms with Crippen molar-refractivity contribution in [2.24, 2.45) is 10.2 Å². The van der Waals surface area contributed by atoms with Crippen molar-refractivity contribution in [1.29, 1.82) is 0 Å². The third kappa shape index (κ3) is 2.83. The predicted molar refractivity (Wildman–Crippen MR) is 87.9 cm³/mol. The topological polar surface area (TPSA) is 181 Å². The van der Waals surface area contributed by atoms with Crippen LogP contribution in [0, 0.1) is 0 Å². The van der Waals surface area contributed by atoms with Gasteiger partial charge in [-0.25, -0.2) is 9.59 Å². The lowest BCUT2D eigenvalue weighted by Gasteiger charge is -2.27. The van der Waals surface area contributed by atoms with Gasteiger partial charge in [0.2, 0.25) is 11.6 Å². The van der Waals surface area contributed by atoms with E-state index in [1.54, 1.807) is 0 Å². The van der Waals surface area contributed by atoms with Gasteiger partial charge in [0, 0.05) is 13.6 Å². The molecule has 138 valence electrons. The number of urea groups is 1. The Kier molecular flexibility index (Phi) is 4.29. The van der Waals surface area contributed by atoms with Crippen LogP contribution in [0.4, 0.5) is 22.2 Å². The van der Waals surface area contributed by atoms with Crippen LogP contribution in [0.25, 0.3) is 0 Å². The molecule has 13 nitrogen and oxygen atoms in total. The molecular weight excluding hydrogens is 348 g/mol. The second kappa shape index (κ2) is 6.44. The van der Waals surface area contributed by atoms with Gasteiger partial charge in [-0.2, -0.15) is 4.98 Å². The van der Waals surface area contributed by atoms with Crippen LogP contribution in [0.5, 0.6) is 5.88 Å². The van der Waals surface area contributed by atoms with Crippen LogP contribution in [0.2, 0.25) is 0 Å². The molecule has 2 amide bonds. The Morgan fingerprint density at radius 3 is 2.62 bits per heavy atom. The van der Waals surface area contributed by atoms with Crippen molar-refractivity contribution in [3.8, 4) is 5.88 Å². The molecule has 0 aromatic carbocycles. The number of fused-ring (bicyclic) bond motifs is 1. The summed E-state index contributed by atoms with van der Waals surface area (Å²) in [6, 6.07) is -0.538. The molecule has 0 saturated heterocycles. The van der Waals surface area contributed by atoms with Gasteiger partial charge in [0.25, 0.3) is 11.5 Å². The Morgan fingerprint density at radius 1 is 1.23 bits per heavy atom. The van der Waals surface area contributed by atoms with E-state index in [1.165, 1.54) is 16.5 Å². The first-order chi connectivity index (χ1) is 12.3. The SMILES string of the molecule is CCCn1c(N=Nc2c(O)[nH]c(=O)[nH]c2=O)nc2c1C(O)NC(=O)N2C. The summed E-state index contributed by atoms with van der Waals surface area (Å²) in [4.78, 5) is 43.9. The van der Waals surface area contributed by atoms with Crippen LogP contribution in [0.3, 0.4) is 0 Å². The number of aromatic hydroxyl groups is 1. The van der Waals surface area contributed by atoms with Crippen molar-refractivity contribution in [1.82, 2.24) is 24.8 Å². The van der Waals surface area contributed by atoms with Gasteiger partial charge in [0.15, 0.2) is 12.0 Å².